The van der Waals surface area contributed by atoms with Gasteiger partial charge < -0.3 is 10.6 Å². The number of benzene rings is 2. The van der Waals surface area contributed by atoms with E-state index in [0.717, 1.165) is 11.1 Å². The lowest BCUT2D eigenvalue weighted by Gasteiger charge is -2.09. The number of nitrogens with one attached hydrogen (secondary N) is 2. The van der Waals surface area contributed by atoms with Gasteiger partial charge in [0.1, 0.15) is 11.6 Å². The molecule has 0 radical (unpaired) electrons. The van der Waals surface area contributed by atoms with Gasteiger partial charge in [0, 0.05) is 17.6 Å². The van der Waals surface area contributed by atoms with Gasteiger partial charge in [0.2, 0.25) is 0 Å². The third kappa shape index (κ3) is 4.92. The maximum absolute atomic E-state index is 12.2. The molecule has 0 aliphatic rings. The van der Waals surface area contributed by atoms with Crippen LogP contribution in [0.1, 0.15) is 11.1 Å². The summed E-state index contributed by atoms with van der Waals surface area (Å²) in [7, 11) is -4.27. The summed E-state index contributed by atoms with van der Waals surface area (Å²) in [5, 5.41) is 14.6. The molecule has 0 spiro atoms. The Morgan fingerprint density at radius 3 is 2.35 bits per heavy atom. The smallest absolute Gasteiger partial charge is 0.294 e. The van der Waals surface area contributed by atoms with Gasteiger partial charge in [-0.1, -0.05) is 17.7 Å². The van der Waals surface area contributed by atoms with E-state index in [9.17, 15) is 18.5 Å². The molecule has 0 saturated carbocycles. The Hall–Kier alpha value is -3.15. The maximum atomic E-state index is 12.2. The third-order valence-electron chi connectivity index (χ3n) is 3.53. The van der Waals surface area contributed by atoms with Crippen LogP contribution < -0.4 is 10.6 Å². The SMILES string of the molecule is Cc1ccc(NC(=O)/C(C#N)=C\Nc2ccc(S(=O)(=O)O)cc2)c(C)c1. The molecule has 7 nitrogen and oxygen atoms in total. The van der Waals surface area contributed by atoms with E-state index in [-0.39, 0.29) is 10.5 Å². The van der Waals surface area contributed by atoms with Crippen LogP contribution in [-0.4, -0.2) is 18.9 Å². The van der Waals surface area contributed by atoms with Gasteiger partial charge in [-0.2, -0.15) is 13.7 Å². The summed E-state index contributed by atoms with van der Waals surface area (Å²) in [5.74, 6) is -0.568. The Balaban J connectivity index is 2.12. The Morgan fingerprint density at radius 1 is 1.15 bits per heavy atom. The van der Waals surface area contributed by atoms with Crippen molar-refractivity contribution >= 4 is 27.4 Å². The highest BCUT2D eigenvalue weighted by molar-refractivity contribution is 7.85. The van der Waals surface area contributed by atoms with E-state index in [4.69, 9.17) is 4.55 Å². The average molecular weight is 371 g/mol. The second-order valence-corrected chi connectivity index (χ2v) is 7.01. The summed E-state index contributed by atoms with van der Waals surface area (Å²) in [6.45, 7) is 3.80. The lowest BCUT2D eigenvalue weighted by molar-refractivity contribution is -0.112. The van der Waals surface area contributed by atoms with Crippen LogP contribution in [0.2, 0.25) is 0 Å². The maximum Gasteiger partial charge on any atom is 0.294 e. The molecule has 0 aliphatic heterocycles. The number of nitriles is 1. The molecule has 0 saturated heterocycles. The summed E-state index contributed by atoms with van der Waals surface area (Å²) in [5.41, 5.74) is 2.85. The molecule has 3 N–H and O–H groups in total. The molecule has 2 rings (SSSR count). The predicted octanol–water partition coefficient (Wildman–Crippen LogP) is 3.01. The van der Waals surface area contributed by atoms with Crippen molar-refractivity contribution in [3.05, 3.63) is 65.4 Å². The topological polar surface area (TPSA) is 119 Å². The van der Waals surface area contributed by atoms with Gasteiger partial charge in [-0.15, -0.1) is 0 Å². The summed E-state index contributed by atoms with van der Waals surface area (Å²) in [6, 6.07) is 12.5. The van der Waals surface area contributed by atoms with Crippen LogP contribution in [0.25, 0.3) is 0 Å². The Kier molecular flexibility index (Phi) is 5.77. The first-order valence-electron chi connectivity index (χ1n) is 7.53. The second-order valence-electron chi connectivity index (χ2n) is 5.59. The Labute approximate surface area is 151 Å². The van der Waals surface area contributed by atoms with Crippen molar-refractivity contribution in [2.75, 3.05) is 10.6 Å². The molecule has 0 aliphatic carbocycles. The lowest BCUT2D eigenvalue weighted by Crippen LogP contribution is -2.15. The first-order valence-corrected chi connectivity index (χ1v) is 8.97. The molecule has 0 heterocycles. The second kappa shape index (κ2) is 7.82. The summed E-state index contributed by atoms with van der Waals surface area (Å²) < 4.78 is 30.9. The van der Waals surface area contributed by atoms with Gasteiger partial charge in [-0.3, -0.25) is 9.35 Å². The molecule has 0 fully saturated rings. The lowest BCUT2D eigenvalue weighted by atomic mass is 10.1. The van der Waals surface area contributed by atoms with Gasteiger partial charge in [0.05, 0.1) is 4.90 Å². The minimum absolute atomic E-state index is 0.149. The normalized spacial score (nSPS) is 11.5. The Bertz CT molecular complexity index is 1000. The third-order valence-corrected chi connectivity index (χ3v) is 4.40. The highest BCUT2D eigenvalue weighted by Crippen LogP contribution is 2.17. The van der Waals surface area contributed by atoms with Crippen molar-refractivity contribution in [2.45, 2.75) is 18.7 Å². The largest absolute Gasteiger partial charge is 0.360 e. The first kappa shape index (κ1) is 19.2. The fraction of sp³-hybridized carbons (Fsp3) is 0.111. The molecule has 8 heteroatoms. The molecule has 0 aromatic heterocycles. The number of rotatable bonds is 5. The summed E-state index contributed by atoms with van der Waals surface area (Å²) >= 11 is 0. The molecule has 1 amide bonds. The number of hydrogen-bond donors (Lipinski definition) is 3. The van der Waals surface area contributed by atoms with Crippen molar-refractivity contribution in [3.63, 3.8) is 0 Å². The number of carbonyl (C=O) groups is 1. The van der Waals surface area contributed by atoms with Crippen molar-refractivity contribution in [2.24, 2.45) is 0 Å². The van der Waals surface area contributed by atoms with E-state index in [2.05, 4.69) is 10.6 Å². The van der Waals surface area contributed by atoms with Gasteiger partial charge in [-0.25, -0.2) is 0 Å². The number of aryl methyl sites for hydroxylation is 2. The molecule has 2 aromatic carbocycles. The Morgan fingerprint density at radius 2 is 1.81 bits per heavy atom. The quantitative estimate of drug-likeness (QED) is 0.422. The molecule has 0 unspecified atom stereocenters. The average Bonchev–Trinajstić information content (AvgIpc) is 2.57. The van der Waals surface area contributed by atoms with Crippen molar-refractivity contribution in [1.82, 2.24) is 0 Å². The van der Waals surface area contributed by atoms with Crippen LogP contribution in [0.5, 0.6) is 0 Å². The number of carbonyl (C=O) groups excluding carboxylic acids is 1. The summed E-state index contributed by atoms with van der Waals surface area (Å²) in [6.07, 6.45) is 1.22. The van der Waals surface area contributed by atoms with Crippen molar-refractivity contribution in [3.8, 4) is 6.07 Å². The molecule has 0 bridgehead atoms. The minimum atomic E-state index is -4.27. The highest BCUT2D eigenvalue weighted by Gasteiger charge is 2.11. The molecule has 0 atom stereocenters. The first-order chi connectivity index (χ1) is 12.2. The molecule has 134 valence electrons. The zero-order valence-electron chi connectivity index (χ0n) is 14.1. The number of nitrogens with zero attached hydrogens (tertiary/aromatic N) is 1. The van der Waals surface area contributed by atoms with Crippen LogP contribution in [0, 0.1) is 25.2 Å². The van der Waals surface area contributed by atoms with E-state index in [1.165, 1.54) is 30.5 Å². The standard InChI is InChI=1S/C18H17N3O4S/c1-12-3-8-17(13(2)9-12)21-18(22)14(10-19)11-20-15-4-6-16(7-5-15)26(23,24)25/h3-9,11,20H,1-2H3,(H,21,22)(H,23,24,25)/b14-11-. The fourth-order valence-corrected chi connectivity index (χ4v) is 2.65. The van der Waals surface area contributed by atoms with E-state index in [1.54, 1.807) is 6.07 Å². The minimum Gasteiger partial charge on any atom is -0.360 e. The van der Waals surface area contributed by atoms with Crippen LogP contribution in [0.15, 0.2) is 59.1 Å². The fourth-order valence-electron chi connectivity index (χ4n) is 2.17. The van der Waals surface area contributed by atoms with Crippen LogP contribution in [-0.2, 0) is 14.9 Å². The van der Waals surface area contributed by atoms with Crippen LogP contribution >= 0.6 is 0 Å². The van der Waals surface area contributed by atoms with Crippen LogP contribution in [0.3, 0.4) is 0 Å². The van der Waals surface area contributed by atoms with Crippen molar-refractivity contribution in [1.29, 1.82) is 5.26 Å². The van der Waals surface area contributed by atoms with Gasteiger partial charge >= 0.3 is 0 Å². The van der Waals surface area contributed by atoms with Gasteiger partial charge in [-0.05, 0) is 49.7 Å². The predicted molar refractivity (Wildman–Crippen MR) is 98.1 cm³/mol. The highest BCUT2D eigenvalue weighted by atomic mass is 32.2. The monoisotopic (exact) mass is 371 g/mol. The van der Waals surface area contributed by atoms with E-state index in [1.807, 2.05) is 32.0 Å². The van der Waals surface area contributed by atoms with Gasteiger partial charge in [0.15, 0.2) is 0 Å². The number of hydrogen-bond acceptors (Lipinski definition) is 5. The van der Waals surface area contributed by atoms with E-state index in [0.29, 0.717) is 11.4 Å². The zero-order chi connectivity index (χ0) is 19.3. The molecule has 2 aromatic rings. The number of amides is 1. The van der Waals surface area contributed by atoms with Crippen LogP contribution in [0.4, 0.5) is 11.4 Å². The molecule has 26 heavy (non-hydrogen) atoms. The van der Waals surface area contributed by atoms with Crippen molar-refractivity contribution < 1.29 is 17.8 Å². The summed E-state index contributed by atoms with van der Waals surface area (Å²) in [4.78, 5) is 12.0. The van der Waals surface area contributed by atoms with E-state index >= 15 is 0 Å². The zero-order valence-corrected chi connectivity index (χ0v) is 15.0. The molecular formula is C18H17N3O4S. The molecular weight excluding hydrogens is 354 g/mol. The van der Waals surface area contributed by atoms with E-state index < -0.39 is 16.0 Å². The number of anilines is 2. The van der Waals surface area contributed by atoms with Gasteiger partial charge in [0.25, 0.3) is 16.0 Å².